The van der Waals surface area contributed by atoms with Gasteiger partial charge >= 0.3 is 7.12 Å². The summed E-state index contributed by atoms with van der Waals surface area (Å²) in [6, 6.07) is 4.79. The topological polar surface area (TPSA) is 38.8 Å². The Morgan fingerprint density at radius 1 is 1.19 bits per heavy atom. The number of amides is 1. The number of rotatable bonds is 3. The Morgan fingerprint density at radius 2 is 1.77 bits per heavy atom. The lowest BCUT2D eigenvalue weighted by Gasteiger charge is -2.32. The molecule has 0 aliphatic carbocycles. The van der Waals surface area contributed by atoms with Crippen LogP contribution < -0.4 is 5.46 Å². The largest absolute Gasteiger partial charge is 0.494 e. The molecule has 2 fully saturated rings. The summed E-state index contributed by atoms with van der Waals surface area (Å²) in [5.74, 6) is 0.286. The molecule has 2 saturated heterocycles. The molecule has 142 valence electrons. The Balaban J connectivity index is 1.73. The highest BCUT2D eigenvalue weighted by Gasteiger charge is 2.51. The molecule has 0 bridgehead atoms. The number of halogens is 1. The first-order valence-electron chi connectivity index (χ1n) is 9.51. The number of piperidine rings is 1. The van der Waals surface area contributed by atoms with E-state index in [4.69, 9.17) is 9.31 Å². The van der Waals surface area contributed by atoms with E-state index in [2.05, 4.69) is 6.92 Å². The Morgan fingerprint density at radius 3 is 2.35 bits per heavy atom. The number of hydrogen-bond acceptors (Lipinski definition) is 3. The Labute approximate surface area is 156 Å². The molecular weight excluding hydrogens is 332 g/mol. The van der Waals surface area contributed by atoms with Gasteiger partial charge in [0, 0.05) is 13.1 Å². The van der Waals surface area contributed by atoms with E-state index in [1.807, 2.05) is 32.6 Å². The van der Waals surface area contributed by atoms with Crippen LogP contribution in [0.4, 0.5) is 4.39 Å². The number of carbonyl (C=O) groups is 1. The second-order valence-corrected chi connectivity index (χ2v) is 8.68. The highest BCUT2D eigenvalue weighted by molar-refractivity contribution is 6.62. The molecule has 0 atom stereocenters. The van der Waals surface area contributed by atoms with Gasteiger partial charge in [-0.2, -0.15) is 0 Å². The summed E-state index contributed by atoms with van der Waals surface area (Å²) < 4.78 is 26.4. The third-order valence-corrected chi connectivity index (χ3v) is 6.07. The summed E-state index contributed by atoms with van der Waals surface area (Å²) in [6.45, 7) is 11.7. The molecule has 3 rings (SSSR count). The van der Waals surface area contributed by atoms with E-state index in [1.165, 1.54) is 6.07 Å². The molecule has 2 aliphatic heterocycles. The Bertz CT molecular complexity index is 668. The molecule has 1 aromatic carbocycles. The minimum absolute atomic E-state index is 0.0122. The van der Waals surface area contributed by atoms with Crippen molar-refractivity contribution in [3.63, 3.8) is 0 Å². The predicted molar refractivity (Wildman–Crippen MR) is 101 cm³/mol. The molecule has 0 N–H and O–H groups in total. The summed E-state index contributed by atoms with van der Waals surface area (Å²) in [5, 5.41) is 0. The summed E-state index contributed by atoms with van der Waals surface area (Å²) in [6.07, 6.45) is 2.11. The minimum Gasteiger partial charge on any atom is -0.399 e. The van der Waals surface area contributed by atoms with Gasteiger partial charge < -0.3 is 14.2 Å². The van der Waals surface area contributed by atoms with Crippen molar-refractivity contribution in [2.45, 2.75) is 65.1 Å². The van der Waals surface area contributed by atoms with Crippen molar-refractivity contribution >= 4 is 18.5 Å². The van der Waals surface area contributed by atoms with E-state index in [9.17, 15) is 9.18 Å². The van der Waals surface area contributed by atoms with E-state index in [-0.39, 0.29) is 18.1 Å². The van der Waals surface area contributed by atoms with Crippen LogP contribution in [0, 0.1) is 11.7 Å². The van der Waals surface area contributed by atoms with Gasteiger partial charge in [0.1, 0.15) is 5.82 Å². The molecule has 0 unspecified atom stereocenters. The van der Waals surface area contributed by atoms with Crippen LogP contribution in [0.1, 0.15) is 53.0 Å². The molecule has 0 aromatic heterocycles. The fraction of sp³-hybridized carbons (Fsp3) is 0.650. The summed E-state index contributed by atoms with van der Waals surface area (Å²) in [5.41, 5.74) is 0.250. The van der Waals surface area contributed by atoms with Crippen LogP contribution in [0.5, 0.6) is 0 Å². The first-order chi connectivity index (χ1) is 12.1. The summed E-state index contributed by atoms with van der Waals surface area (Å²) in [7, 11) is -0.551. The third kappa shape index (κ3) is 3.81. The number of likely N-dealkylation sites (tertiary alicyclic amines) is 1. The molecule has 1 aromatic rings. The smallest absolute Gasteiger partial charge is 0.399 e. The van der Waals surface area contributed by atoms with Crippen LogP contribution in [-0.4, -0.2) is 42.2 Å². The van der Waals surface area contributed by atoms with Gasteiger partial charge in [0.15, 0.2) is 0 Å². The fourth-order valence-electron chi connectivity index (χ4n) is 3.39. The highest BCUT2D eigenvalue weighted by Crippen LogP contribution is 2.36. The van der Waals surface area contributed by atoms with Crippen molar-refractivity contribution in [2.75, 3.05) is 13.1 Å². The van der Waals surface area contributed by atoms with Crippen molar-refractivity contribution in [3.8, 4) is 0 Å². The molecule has 2 heterocycles. The third-order valence-electron chi connectivity index (χ3n) is 6.07. The maximum atomic E-state index is 14.3. The van der Waals surface area contributed by atoms with Crippen LogP contribution in [0.25, 0.3) is 0 Å². The van der Waals surface area contributed by atoms with E-state index in [0.29, 0.717) is 11.5 Å². The van der Waals surface area contributed by atoms with Crippen molar-refractivity contribution in [2.24, 2.45) is 5.92 Å². The van der Waals surface area contributed by atoms with Gasteiger partial charge in [-0.1, -0.05) is 19.1 Å². The zero-order valence-electron chi connectivity index (χ0n) is 16.5. The molecule has 1 amide bonds. The van der Waals surface area contributed by atoms with E-state index in [0.717, 1.165) is 31.4 Å². The van der Waals surface area contributed by atoms with Gasteiger partial charge in [-0.05, 0) is 63.5 Å². The van der Waals surface area contributed by atoms with Gasteiger partial charge in [0.05, 0.1) is 17.6 Å². The quantitative estimate of drug-likeness (QED) is 0.777. The molecule has 4 nitrogen and oxygen atoms in total. The van der Waals surface area contributed by atoms with Gasteiger partial charge in [-0.15, -0.1) is 0 Å². The SMILES string of the molecule is CC1CCN(C(=O)Cc2cc(B3OC(C)(C)C(C)(C)O3)ccc2F)CC1. The monoisotopic (exact) mass is 361 g/mol. The normalized spacial score (nSPS) is 22.7. The molecule has 2 aliphatic rings. The lowest BCUT2D eigenvalue weighted by Crippen LogP contribution is -2.41. The lowest BCUT2D eigenvalue weighted by molar-refractivity contribution is -0.131. The molecule has 0 radical (unpaired) electrons. The number of nitrogens with zero attached hydrogens (tertiary/aromatic N) is 1. The van der Waals surface area contributed by atoms with Crippen LogP contribution in [0.2, 0.25) is 0 Å². The summed E-state index contributed by atoms with van der Waals surface area (Å²) in [4.78, 5) is 14.4. The van der Waals surface area contributed by atoms with Crippen molar-refractivity contribution in [3.05, 3.63) is 29.6 Å². The van der Waals surface area contributed by atoms with Gasteiger partial charge in [0.25, 0.3) is 0 Å². The molecule has 0 spiro atoms. The number of hydrogen-bond donors (Lipinski definition) is 0. The maximum Gasteiger partial charge on any atom is 0.494 e. The van der Waals surface area contributed by atoms with Crippen LogP contribution >= 0.6 is 0 Å². The average molecular weight is 361 g/mol. The van der Waals surface area contributed by atoms with E-state index < -0.39 is 18.3 Å². The fourth-order valence-corrected chi connectivity index (χ4v) is 3.39. The number of benzene rings is 1. The maximum absolute atomic E-state index is 14.3. The first kappa shape index (κ1) is 19.4. The van der Waals surface area contributed by atoms with Crippen LogP contribution in [-0.2, 0) is 20.5 Å². The minimum atomic E-state index is -0.551. The first-order valence-corrected chi connectivity index (χ1v) is 9.51. The molecular formula is C20H29BFNO3. The van der Waals surface area contributed by atoms with Crippen molar-refractivity contribution in [1.82, 2.24) is 4.90 Å². The standard InChI is InChI=1S/C20H29BFNO3/c1-14-8-10-23(11-9-14)18(24)13-15-12-16(6-7-17(15)22)21-25-19(2,3)20(4,5)26-21/h6-7,12,14H,8-11,13H2,1-5H3. The van der Waals surface area contributed by atoms with Crippen molar-refractivity contribution < 1.29 is 18.5 Å². The lowest BCUT2D eigenvalue weighted by atomic mass is 9.78. The van der Waals surface area contributed by atoms with Gasteiger partial charge in [-0.25, -0.2) is 4.39 Å². The second kappa shape index (κ2) is 6.97. The van der Waals surface area contributed by atoms with Crippen molar-refractivity contribution in [1.29, 1.82) is 0 Å². The Hall–Kier alpha value is -1.40. The van der Waals surface area contributed by atoms with Crippen LogP contribution in [0.3, 0.4) is 0 Å². The van der Waals surface area contributed by atoms with Gasteiger partial charge in [0.2, 0.25) is 5.91 Å². The molecule has 0 saturated carbocycles. The molecule has 6 heteroatoms. The predicted octanol–water partition coefficient (Wildman–Crippen LogP) is 2.93. The van der Waals surface area contributed by atoms with Gasteiger partial charge in [-0.3, -0.25) is 4.79 Å². The zero-order chi connectivity index (χ0) is 19.1. The zero-order valence-corrected chi connectivity index (χ0v) is 16.5. The van der Waals surface area contributed by atoms with E-state index >= 15 is 0 Å². The van der Waals surface area contributed by atoms with Crippen LogP contribution in [0.15, 0.2) is 18.2 Å². The number of carbonyl (C=O) groups excluding carboxylic acids is 1. The average Bonchev–Trinajstić information content (AvgIpc) is 2.78. The Kier molecular flexibility index (Phi) is 5.19. The summed E-state index contributed by atoms with van der Waals surface area (Å²) >= 11 is 0. The second-order valence-electron chi connectivity index (χ2n) is 8.68. The van der Waals surface area contributed by atoms with E-state index in [1.54, 1.807) is 12.1 Å². The highest BCUT2D eigenvalue weighted by atomic mass is 19.1. The molecule has 26 heavy (non-hydrogen) atoms.